The summed E-state index contributed by atoms with van der Waals surface area (Å²) >= 11 is 7.45. The molecule has 0 aromatic carbocycles. The molecule has 0 aliphatic heterocycles. The maximum Gasteiger partial charge on any atom is 0.245 e. The minimum absolute atomic E-state index is 0.00507. The van der Waals surface area contributed by atoms with Crippen molar-refractivity contribution in [1.82, 2.24) is 9.29 Å². The SMILES string of the molecule is CN(CCc1cccs1)S(=O)(=O)c1cccnc1Cl. The molecule has 19 heavy (non-hydrogen) atoms. The highest BCUT2D eigenvalue weighted by Crippen LogP contribution is 2.21. The third kappa shape index (κ3) is 3.33. The fourth-order valence-electron chi connectivity index (χ4n) is 1.57. The number of rotatable bonds is 5. The van der Waals surface area contributed by atoms with Crippen molar-refractivity contribution in [2.75, 3.05) is 13.6 Å². The van der Waals surface area contributed by atoms with Gasteiger partial charge in [-0.05, 0) is 30.0 Å². The van der Waals surface area contributed by atoms with Crippen LogP contribution in [-0.2, 0) is 16.4 Å². The lowest BCUT2D eigenvalue weighted by Gasteiger charge is -2.17. The van der Waals surface area contributed by atoms with Gasteiger partial charge in [0.05, 0.1) is 0 Å². The molecule has 0 aliphatic rings. The van der Waals surface area contributed by atoms with Crippen LogP contribution in [-0.4, -0.2) is 31.3 Å². The van der Waals surface area contributed by atoms with Gasteiger partial charge in [-0.3, -0.25) is 0 Å². The molecule has 0 bridgehead atoms. The van der Waals surface area contributed by atoms with Crippen LogP contribution in [0.5, 0.6) is 0 Å². The van der Waals surface area contributed by atoms with Gasteiger partial charge in [0, 0.05) is 24.7 Å². The fourth-order valence-corrected chi connectivity index (χ4v) is 3.87. The van der Waals surface area contributed by atoms with E-state index in [1.807, 2.05) is 17.5 Å². The molecule has 2 aromatic rings. The third-order valence-electron chi connectivity index (χ3n) is 2.67. The summed E-state index contributed by atoms with van der Waals surface area (Å²) in [6.07, 6.45) is 2.15. The zero-order valence-corrected chi connectivity index (χ0v) is 12.7. The molecule has 2 aromatic heterocycles. The number of thiophene rings is 1. The molecule has 2 heterocycles. The highest BCUT2D eigenvalue weighted by atomic mass is 35.5. The monoisotopic (exact) mass is 316 g/mol. The number of sulfonamides is 1. The van der Waals surface area contributed by atoms with Gasteiger partial charge in [-0.2, -0.15) is 0 Å². The number of hydrogen-bond acceptors (Lipinski definition) is 4. The Morgan fingerprint density at radius 1 is 1.37 bits per heavy atom. The van der Waals surface area contributed by atoms with Gasteiger partial charge in [-0.15, -0.1) is 11.3 Å². The number of halogens is 1. The Balaban J connectivity index is 2.13. The van der Waals surface area contributed by atoms with Crippen LogP contribution in [0.4, 0.5) is 0 Å². The van der Waals surface area contributed by atoms with E-state index in [1.54, 1.807) is 24.5 Å². The molecule has 4 nitrogen and oxygen atoms in total. The van der Waals surface area contributed by atoms with Crippen molar-refractivity contribution < 1.29 is 8.42 Å². The van der Waals surface area contributed by atoms with Crippen molar-refractivity contribution in [1.29, 1.82) is 0 Å². The Hall–Kier alpha value is -0.950. The molecular weight excluding hydrogens is 304 g/mol. The van der Waals surface area contributed by atoms with Crippen LogP contribution in [0.1, 0.15) is 4.88 Å². The van der Waals surface area contributed by atoms with Crippen molar-refractivity contribution in [3.8, 4) is 0 Å². The second-order valence-corrected chi connectivity index (χ2v) is 7.35. The zero-order valence-electron chi connectivity index (χ0n) is 10.3. The van der Waals surface area contributed by atoms with Gasteiger partial charge in [0.25, 0.3) is 0 Å². The maximum absolute atomic E-state index is 12.3. The average molecular weight is 317 g/mol. The molecule has 0 fully saturated rings. The topological polar surface area (TPSA) is 50.3 Å². The summed E-state index contributed by atoms with van der Waals surface area (Å²) in [5, 5.41) is 1.98. The van der Waals surface area contributed by atoms with Crippen LogP contribution in [0.15, 0.2) is 40.7 Å². The second kappa shape index (κ2) is 6.00. The largest absolute Gasteiger partial charge is 0.245 e. The van der Waals surface area contributed by atoms with E-state index in [0.717, 1.165) is 4.88 Å². The molecule has 0 spiro atoms. The van der Waals surface area contributed by atoms with E-state index in [1.165, 1.54) is 16.6 Å². The first kappa shape index (κ1) is 14.5. The minimum atomic E-state index is -3.58. The van der Waals surface area contributed by atoms with Crippen molar-refractivity contribution in [3.63, 3.8) is 0 Å². The van der Waals surface area contributed by atoms with Crippen LogP contribution in [0.3, 0.4) is 0 Å². The van der Waals surface area contributed by atoms with Gasteiger partial charge in [-0.1, -0.05) is 17.7 Å². The molecule has 0 unspecified atom stereocenters. The molecule has 0 N–H and O–H groups in total. The summed E-state index contributed by atoms with van der Waals surface area (Å²) in [5.74, 6) is 0. The van der Waals surface area contributed by atoms with E-state index in [-0.39, 0.29) is 10.0 Å². The van der Waals surface area contributed by atoms with Gasteiger partial charge in [0.2, 0.25) is 10.0 Å². The standard InChI is InChI=1S/C12H13ClN2O2S2/c1-15(8-6-10-4-3-9-18-10)19(16,17)11-5-2-7-14-12(11)13/h2-5,7,9H,6,8H2,1H3. The van der Waals surface area contributed by atoms with Crippen LogP contribution in [0, 0.1) is 0 Å². The minimum Gasteiger partial charge on any atom is -0.243 e. The normalized spacial score (nSPS) is 11.9. The van der Waals surface area contributed by atoms with Crippen LogP contribution >= 0.6 is 22.9 Å². The molecule has 2 rings (SSSR count). The first-order valence-electron chi connectivity index (χ1n) is 5.61. The third-order valence-corrected chi connectivity index (χ3v) is 5.90. The first-order chi connectivity index (χ1) is 9.01. The van der Waals surface area contributed by atoms with Crippen molar-refractivity contribution >= 4 is 33.0 Å². The summed E-state index contributed by atoms with van der Waals surface area (Å²) in [6.45, 7) is 0.411. The molecular formula is C12H13ClN2O2S2. The van der Waals surface area contributed by atoms with Gasteiger partial charge in [-0.25, -0.2) is 17.7 Å². The van der Waals surface area contributed by atoms with E-state index >= 15 is 0 Å². The predicted octanol–water partition coefficient (Wildman–Crippen LogP) is 2.66. The van der Waals surface area contributed by atoms with Crippen molar-refractivity contribution in [3.05, 3.63) is 45.9 Å². The molecule has 0 saturated carbocycles. The molecule has 0 radical (unpaired) electrons. The lowest BCUT2D eigenvalue weighted by atomic mass is 10.3. The summed E-state index contributed by atoms with van der Waals surface area (Å²) in [5.41, 5.74) is 0. The molecule has 0 saturated heterocycles. The van der Waals surface area contributed by atoms with Gasteiger partial charge in [0.1, 0.15) is 10.0 Å². The second-order valence-electron chi connectivity index (χ2n) is 3.95. The van der Waals surface area contributed by atoms with Gasteiger partial charge < -0.3 is 0 Å². The Kier molecular flexibility index (Phi) is 4.57. The Morgan fingerprint density at radius 3 is 2.79 bits per heavy atom. The number of pyridine rings is 1. The molecule has 0 atom stereocenters. The van der Waals surface area contributed by atoms with E-state index in [4.69, 9.17) is 11.6 Å². The number of nitrogens with zero attached hydrogens (tertiary/aromatic N) is 2. The average Bonchev–Trinajstić information content (AvgIpc) is 2.89. The van der Waals surface area contributed by atoms with Crippen LogP contribution < -0.4 is 0 Å². The van der Waals surface area contributed by atoms with Crippen molar-refractivity contribution in [2.24, 2.45) is 0 Å². The predicted molar refractivity (Wildman–Crippen MR) is 77.1 cm³/mol. The number of hydrogen-bond donors (Lipinski definition) is 0. The van der Waals surface area contributed by atoms with E-state index < -0.39 is 10.0 Å². The van der Waals surface area contributed by atoms with Gasteiger partial charge in [0.15, 0.2) is 0 Å². The highest BCUT2D eigenvalue weighted by molar-refractivity contribution is 7.89. The molecule has 7 heteroatoms. The fraction of sp³-hybridized carbons (Fsp3) is 0.250. The van der Waals surface area contributed by atoms with Gasteiger partial charge >= 0.3 is 0 Å². The smallest absolute Gasteiger partial charge is 0.243 e. The maximum atomic E-state index is 12.3. The summed E-state index contributed by atoms with van der Waals surface area (Å²) in [6, 6.07) is 6.97. The zero-order chi connectivity index (χ0) is 13.9. The first-order valence-corrected chi connectivity index (χ1v) is 8.31. The molecule has 102 valence electrons. The van der Waals surface area contributed by atoms with Crippen molar-refractivity contribution in [2.45, 2.75) is 11.3 Å². The summed E-state index contributed by atoms with van der Waals surface area (Å²) in [7, 11) is -2.03. The lowest BCUT2D eigenvalue weighted by molar-refractivity contribution is 0.473. The van der Waals surface area contributed by atoms with E-state index in [0.29, 0.717) is 13.0 Å². The van der Waals surface area contributed by atoms with Crippen LogP contribution in [0.25, 0.3) is 0 Å². The van der Waals surface area contributed by atoms with E-state index in [9.17, 15) is 8.42 Å². The quantitative estimate of drug-likeness (QED) is 0.797. The Bertz CT molecular complexity index is 642. The van der Waals surface area contributed by atoms with E-state index in [2.05, 4.69) is 4.98 Å². The number of likely N-dealkylation sites (N-methyl/N-ethyl adjacent to an activating group) is 1. The lowest BCUT2D eigenvalue weighted by Crippen LogP contribution is -2.29. The number of aromatic nitrogens is 1. The highest BCUT2D eigenvalue weighted by Gasteiger charge is 2.23. The Morgan fingerprint density at radius 2 is 2.16 bits per heavy atom. The summed E-state index contributed by atoms with van der Waals surface area (Å²) in [4.78, 5) is 5.00. The molecule has 0 amide bonds. The summed E-state index contributed by atoms with van der Waals surface area (Å²) < 4.78 is 25.9. The Labute approximate surface area is 121 Å². The molecule has 0 aliphatic carbocycles. The van der Waals surface area contributed by atoms with Crippen LogP contribution in [0.2, 0.25) is 5.15 Å².